The molecule has 1 unspecified atom stereocenters. The van der Waals surface area contributed by atoms with E-state index in [4.69, 9.17) is 32.7 Å². The third kappa shape index (κ3) is 5.76. The number of rotatable bonds is 8. The molecule has 2 atom stereocenters. The first kappa shape index (κ1) is 21.4. The summed E-state index contributed by atoms with van der Waals surface area (Å²) in [6.07, 6.45) is 0. The normalized spacial score (nSPS) is 13.0. The molecule has 27 heavy (non-hydrogen) atoms. The summed E-state index contributed by atoms with van der Waals surface area (Å²) in [5, 5.41) is 3.80. The quantitative estimate of drug-likeness (QED) is 0.699. The lowest BCUT2D eigenvalue weighted by Crippen LogP contribution is -3.12. The Labute approximate surface area is 170 Å². The number of ether oxygens (including phenoxy) is 2. The Morgan fingerprint density at radius 1 is 1.19 bits per heavy atom. The van der Waals surface area contributed by atoms with Gasteiger partial charge in [-0.25, -0.2) is 0 Å². The summed E-state index contributed by atoms with van der Waals surface area (Å²) in [6, 6.07) is 10.5. The van der Waals surface area contributed by atoms with E-state index in [1.165, 1.54) is 0 Å². The summed E-state index contributed by atoms with van der Waals surface area (Å²) in [6.45, 7) is 5.04. The van der Waals surface area contributed by atoms with Gasteiger partial charge in [0.25, 0.3) is 5.91 Å². The van der Waals surface area contributed by atoms with E-state index in [1.807, 2.05) is 39.1 Å². The lowest BCUT2D eigenvalue weighted by molar-refractivity contribution is -0.907. The van der Waals surface area contributed by atoms with Gasteiger partial charge in [0, 0.05) is 10.6 Å². The van der Waals surface area contributed by atoms with Crippen molar-refractivity contribution in [3.05, 3.63) is 52.0 Å². The Kier molecular flexibility index (Phi) is 7.78. The number of benzene rings is 2. The molecule has 0 radical (unpaired) electrons. The monoisotopic (exact) mass is 411 g/mol. The van der Waals surface area contributed by atoms with Crippen molar-refractivity contribution in [2.75, 3.05) is 26.1 Å². The van der Waals surface area contributed by atoms with Crippen molar-refractivity contribution in [1.29, 1.82) is 0 Å². The first-order valence-corrected chi connectivity index (χ1v) is 9.49. The second kappa shape index (κ2) is 9.83. The molecular formula is C20H25Cl2N2O3+. The number of anilines is 1. The van der Waals surface area contributed by atoms with Gasteiger partial charge < -0.3 is 19.7 Å². The number of halogens is 2. The van der Waals surface area contributed by atoms with Gasteiger partial charge in [-0.05, 0) is 50.2 Å². The molecule has 0 saturated heterocycles. The third-order valence-electron chi connectivity index (χ3n) is 4.33. The number of methoxy groups -OCH3 is 1. The zero-order valence-corrected chi connectivity index (χ0v) is 17.4. The summed E-state index contributed by atoms with van der Waals surface area (Å²) >= 11 is 12.0. The van der Waals surface area contributed by atoms with E-state index in [1.54, 1.807) is 25.3 Å². The summed E-state index contributed by atoms with van der Waals surface area (Å²) in [4.78, 5) is 13.6. The van der Waals surface area contributed by atoms with Gasteiger partial charge in [0.15, 0.2) is 17.5 Å². The number of carbonyl (C=O) groups is 1. The van der Waals surface area contributed by atoms with Crippen molar-refractivity contribution >= 4 is 34.8 Å². The van der Waals surface area contributed by atoms with Gasteiger partial charge in [0.2, 0.25) is 0 Å². The largest absolute Gasteiger partial charge is 0.493 e. The van der Waals surface area contributed by atoms with E-state index in [9.17, 15) is 4.79 Å². The second-order valence-electron chi connectivity index (χ2n) is 6.28. The van der Waals surface area contributed by atoms with Gasteiger partial charge in [-0.15, -0.1) is 0 Å². The molecule has 0 fully saturated rings. The highest BCUT2D eigenvalue weighted by molar-refractivity contribution is 6.36. The van der Waals surface area contributed by atoms with E-state index < -0.39 is 0 Å². The number of hydrogen-bond donors (Lipinski definition) is 2. The number of likely N-dealkylation sites (N-methyl/N-ethyl adjacent to an activating group) is 1. The Morgan fingerprint density at radius 3 is 2.56 bits per heavy atom. The van der Waals surface area contributed by atoms with Gasteiger partial charge in [0.1, 0.15) is 6.54 Å². The van der Waals surface area contributed by atoms with Crippen LogP contribution in [0.4, 0.5) is 5.69 Å². The summed E-state index contributed by atoms with van der Waals surface area (Å²) in [5.74, 6) is 1.28. The van der Waals surface area contributed by atoms with Crippen LogP contribution in [0.25, 0.3) is 0 Å². The molecule has 0 aliphatic carbocycles. The van der Waals surface area contributed by atoms with Crippen LogP contribution < -0.4 is 19.7 Å². The first-order valence-electron chi connectivity index (χ1n) is 8.73. The van der Waals surface area contributed by atoms with Crippen molar-refractivity contribution in [1.82, 2.24) is 0 Å². The van der Waals surface area contributed by atoms with Crippen LogP contribution in [0, 0.1) is 0 Å². The van der Waals surface area contributed by atoms with Crippen LogP contribution in [-0.4, -0.2) is 32.7 Å². The molecule has 0 aliphatic rings. The second-order valence-corrected chi connectivity index (χ2v) is 7.12. The summed E-state index contributed by atoms with van der Waals surface area (Å²) < 4.78 is 10.9. The lowest BCUT2D eigenvalue weighted by Gasteiger charge is -2.22. The highest BCUT2D eigenvalue weighted by Gasteiger charge is 2.23. The maximum atomic E-state index is 12.6. The maximum Gasteiger partial charge on any atom is 0.282 e. The SMILES string of the molecule is CCOc1ccc(C[NH+](C)[C@@H](C)C(=O)Nc2ccc(Cl)cc2Cl)cc1OC. The molecule has 0 aromatic heterocycles. The van der Waals surface area contributed by atoms with E-state index in [0.29, 0.717) is 40.4 Å². The topological polar surface area (TPSA) is 52.0 Å². The van der Waals surface area contributed by atoms with Crippen LogP contribution in [0.5, 0.6) is 11.5 Å². The lowest BCUT2D eigenvalue weighted by atomic mass is 10.1. The molecule has 1 amide bonds. The van der Waals surface area contributed by atoms with E-state index in [2.05, 4.69) is 5.32 Å². The fourth-order valence-corrected chi connectivity index (χ4v) is 3.08. The van der Waals surface area contributed by atoms with E-state index in [-0.39, 0.29) is 11.9 Å². The Hall–Kier alpha value is -1.95. The van der Waals surface area contributed by atoms with Crippen molar-refractivity contribution in [2.24, 2.45) is 0 Å². The van der Waals surface area contributed by atoms with Crippen molar-refractivity contribution in [2.45, 2.75) is 26.4 Å². The van der Waals surface area contributed by atoms with Crippen LogP contribution in [-0.2, 0) is 11.3 Å². The van der Waals surface area contributed by atoms with Gasteiger partial charge in [-0.3, -0.25) is 4.79 Å². The molecule has 0 aliphatic heterocycles. The predicted molar refractivity (Wildman–Crippen MR) is 109 cm³/mol. The van der Waals surface area contributed by atoms with E-state index >= 15 is 0 Å². The molecule has 7 heteroatoms. The minimum absolute atomic E-state index is 0.116. The molecule has 2 N–H and O–H groups in total. The minimum atomic E-state index is -0.283. The Balaban J connectivity index is 2.04. The molecule has 5 nitrogen and oxygen atoms in total. The summed E-state index contributed by atoms with van der Waals surface area (Å²) in [7, 11) is 3.58. The van der Waals surface area contributed by atoms with Gasteiger partial charge in [-0.2, -0.15) is 0 Å². The molecule has 146 valence electrons. The Bertz CT molecular complexity index is 799. The number of amides is 1. The number of nitrogens with one attached hydrogen (secondary N) is 2. The van der Waals surface area contributed by atoms with Gasteiger partial charge >= 0.3 is 0 Å². The van der Waals surface area contributed by atoms with Crippen molar-refractivity contribution in [3.63, 3.8) is 0 Å². The van der Waals surface area contributed by atoms with E-state index in [0.717, 1.165) is 10.5 Å². The highest BCUT2D eigenvalue weighted by Crippen LogP contribution is 2.28. The average molecular weight is 412 g/mol. The van der Waals surface area contributed by atoms with Gasteiger partial charge in [0.05, 0.1) is 31.5 Å². The van der Waals surface area contributed by atoms with Crippen LogP contribution in [0.3, 0.4) is 0 Å². The Morgan fingerprint density at radius 2 is 1.93 bits per heavy atom. The fourth-order valence-electron chi connectivity index (χ4n) is 2.63. The highest BCUT2D eigenvalue weighted by atomic mass is 35.5. The van der Waals surface area contributed by atoms with Crippen LogP contribution in [0.2, 0.25) is 10.0 Å². The molecule has 2 rings (SSSR count). The minimum Gasteiger partial charge on any atom is -0.493 e. The van der Waals surface area contributed by atoms with Crippen LogP contribution in [0.1, 0.15) is 19.4 Å². The first-order chi connectivity index (χ1) is 12.8. The predicted octanol–water partition coefficient (Wildman–Crippen LogP) is 3.44. The average Bonchev–Trinajstić information content (AvgIpc) is 2.64. The zero-order chi connectivity index (χ0) is 20.0. The van der Waals surface area contributed by atoms with Crippen molar-refractivity contribution in [3.8, 4) is 11.5 Å². The maximum absolute atomic E-state index is 12.6. The third-order valence-corrected chi connectivity index (χ3v) is 4.88. The fraction of sp³-hybridized carbons (Fsp3) is 0.350. The van der Waals surface area contributed by atoms with Crippen LogP contribution >= 0.6 is 23.2 Å². The molecule has 0 heterocycles. The smallest absolute Gasteiger partial charge is 0.282 e. The molecule has 0 saturated carbocycles. The zero-order valence-electron chi connectivity index (χ0n) is 15.9. The number of quaternary nitrogens is 1. The number of hydrogen-bond acceptors (Lipinski definition) is 3. The van der Waals surface area contributed by atoms with Crippen molar-refractivity contribution < 1.29 is 19.2 Å². The van der Waals surface area contributed by atoms with Crippen LogP contribution in [0.15, 0.2) is 36.4 Å². The number of carbonyl (C=O) groups excluding carboxylic acids is 1. The molecule has 0 bridgehead atoms. The molecular weight excluding hydrogens is 387 g/mol. The summed E-state index contributed by atoms with van der Waals surface area (Å²) in [5.41, 5.74) is 1.60. The molecule has 2 aromatic carbocycles. The molecule has 2 aromatic rings. The standard InChI is InChI=1S/C20H24Cl2N2O3/c1-5-27-18-9-6-14(10-19(18)26-4)12-24(3)13(2)20(25)23-17-8-7-15(21)11-16(17)22/h6-11,13H,5,12H2,1-4H3,(H,23,25)/p+1/t13-/m0/s1. The van der Waals surface area contributed by atoms with Gasteiger partial charge in [-0.1, -0.05) is 23.2 Å². The molecule has 0 spiro atoms.